The molecule has 0 spiro atoms. The topological polar surface area (TPSA) is 127 Å². The average molecular weight is 543 g/mol. The van der Waals surface area contributed by atoms with Crippen molar-refractivity contribution in [3.8, 4) is 33.9 Å². The molecular weight excluding hydrogens is 518 g/mol. The van der Waals surface area contributed by atoms with Gasteiger partial charge in [-0.15, -0.1) is 0 Å². The van der Waals surface area contributed by atoms with Crippen LogP contribution in [0.25, 0.3) is 33.2 Å². The van der Waals surface area contributed by atoms with Gasteiger partial charge in [-0.2, -0.15) is 0 Å². The summed E-state index contributed by atoms with van der Waals surface area (Å²) < 4.78 is 70.7. The van der Waals surface area contributed by atoms with Crippen LogP contribution in [0.15, 0.2) is 47.8 Å². The van der Waals surface area contributed by atoms with Gasteiger partial charge >= 0.3 is 0 Å². The van der Waals surface area contributed by atoms with E-state index in [1.807, 2.05) is 13.0 Å². The van der Waals surface area contributed by atoms with E-state index in [1.165, 1.54) is 25.7 Å². The lowest BCUT2D eigenvalue weighted by Crippen LogP contribution is -2.44. The fraction of sp³-hybridized carbons (Fsp3) is 0.269. The monoisotopic (exact) mass is 542 g/mol. The van der Waals surface area contributed by atoms with E-state index in [0.29, 0.717) is 47.9 Å². The third kappa shape index (κ3) is 4.66. The van der Waals surface area contributed by atoms with E-state index in [0.717, 1.165) is 17.5 Å². The van der Waals surface area contributed by atoms with Crippen LogP contribution in [0.1, 0.15) is 12.6 Å². The number of halogens is 2. The van der Waals surface area contributed by atoms with Crippen LogP contribution >= 0.6 is 0 Å². The molecule has 0 radical (unpaired) electrons. The SMILES string of the molecule is COc1ncc(-c2cc(OCC3(C)COC3)c3ncnc(C)c3c2)cc1-c1c(F)ccc(S(N)(=O)=O)c1F. The number of benzene rings is 2. The number of aromatic nitrogens is 3. The summed E-state index contributed by atoms with van der Waals surface area (Å²) in [6.45, 7) is 5.46. The lowest BCUT2D eigenvalue weighted by Gasteiger charge is -2.37. The molecule has 1 fully saturated rings. The molecule has 1 aliphatic heterocycles. The molecular formula is C26H24F2N4O5S. The highest BCUT2D eigenvalue weighted by Crippen LogP contribution is 2.39. The Morgan fingerprint density at radius 2 is 1.87 bits per heavy atom. The van der Waals surface area contributed by atoms with Gasteiger partial charge < -0.3 is 14.2 Å². The molecule has 0 unspecified atom stereocenters. The zero-order valence-corrected chi connectivity index (χ0v) is 21.6. The van der Waals surface area contributed by atoms with Crippen molar-refractivity contribution in [2.45, 2.75) is 18.7 Å². The molecule has 38 heavy (non-hydrogen) atoms. The van der Waals surface area contributed by atoms with Gasteiger partial charge in [0, 0.05) is 28.3 Å². The Kier molecular flexibility index (Phi) is 6.49. The van der Waals surface area contributed by atoms with E-state index in [-0.39, 0.29) is 16.9 Å². The van der Waals surface area contributed by atoms with Crippen molar-refractivity contribution in [1.82, 2.24) is 15.0 Å². The van der Waals surface area contributed by atoms with Gasteiger partial charge in [0.25, 0.3) is 0 Å². The predicted molar refractivity (Wildman–Crippen MR) is 135 cm³/mol. The largest absolute Gasteiger partial charge is 0.491 e. The Hall–Kier alpha value is -3.74. The number of rotatable bonds is 7. The Morgan fingerprint density at radius 1 is 1.11 bits per heavy atom. The number of nitrogens with two attached hydrogens (primary N) is 1. The van der Waals surface area contributed by atoms with Crippen LogP contribution in [0, 0.1) is 24.0 Å². The lowest BCUT2D eigenvalue weighted by molar-refractivity contribution is -0.120. The number of pyridine rings is 1. The maximum atomic E-state index is 15.3. The van der Waals surface area contributed by atoms with Gasteiger partial charge in [0.15, 0.2) is 5.82 Å². The van der Waals surface area contributed by atoms with E-state index in [9.17, 15) is 12.8 Å². The first kappa shape index (κ1) is 25.9. The normalized spacial score (nSPS) is 14.8. The van der Waals surface area contributed by atoms with Crippen LogP contribution < -0.4 is 14.6 Å². The summed E-state index contributed by atoms with van der Waals surface area (Å²) in [6.07, 6.45) is 2.93. The molecule has 0 amide bonds. The third-order valence-corrected chi connectivity index (χ3v) is 7.32. The van der Waals surface area contributed by atoms with Crippen LogP contribution in [-0.2, 0) is 14.8 Å². The summed E-state index contributed by atoms with van der Waals surface area (Å²) in [5, 5.41) is 5.86. The smallest absolute Gasteiger partial charge is 0.240 e. The molecule has 0 saturated carbocycles. The maximum absolute atomic E-state index is 15.3. The highest BCUT2D eigenvalue weighted by Gasteiger charge is 2.34. The van der Waals surface area contributed by atoms with Crippen molar-refractivity contribution >= 4 is 20.9 Å². The van der Waals surface area contributed by atoms with E-state index >= 15 is 4.39 Å². The minimum Gasteiger partial charge on any atom is -0.491 e. The zero-order valence-electron chi connectivity index (χ0n) is 20.8. The fourth-order valence-corrected chi connectivity index (χ4v) is 4.88. The van der Waals surface area contributed by atoms with E-state index < -0.39 is 32.1 Å². The summed E-state index contributed by atoms with van der Waals surface area (Å²) in [5.74, 6) is -1.95. The second-order valence-corrected chi connectivity index (χ2v) is 11.0. The number of ether oxygens (including phenoxy) is 3. The van der Waals surface area contributed by atoms with E-state index in [2.05, 4.69) is 21.9 Å². The molecule has 0 bridgehead atoms. The first-order valence-electron chi connectivity index (χ1n) is 11.5. The van der Waals surface area contributed by atoms with Gasteiger partial charge in [-0.3, -0.25) is 0 Å². The van der Waals surface area contributed by atoms with Crippen molar-refractivity contribution < 1.29 is 31.4 Å². The van der Waals surface area contributed by atoms with Crippen molar-refractivity contribution in [3.05, 3.63) is 60.2 Å². The van der Waals surface area contributed by atoms with Crippen molar-refractivity contribution in [2.24, 2.45) is 10.6 Å². The number of methoxy groups -OCH3 is 1. The van der Waals surface area contributed by atoms with Crippen molar-refractivity contribution in [3.63, 3.8) is 0 Å². The standard InChI is InChI=1S/C26H24F2N4O5S/c1-14-17-6-15(8-20(24(17)32-13-31-14)37-12-26(2)10-36-11-26)16-7-18(25(35-3)30-9-16)22-19(27)4-5-21(23(22)28)38(29,33)34/h4-9,13H,10-12H2,1-3H3,(H2,29,33,34). The number of aryl methyl sites for hydroxylation is 1. The van der Waals surface area contributed by atoms with Gasteiger partial charge in [0.1, 0.15) is 28.3 Å². The van der Waals surface area contributed by atoms with Gasteiger partial charge in [-0.05, 0) is 42.8 Å². The number of hydrogen-bond acceptors (Lipinski definition) is 8. The van der Waals surface area contributed by atoms with Crippen molar-refractivity contribution in [1.29, 1.82) is 0 Å². The number of sulfonamides is 1. The molecule has 9 nitrogen and oxygen atoms in total. The van der Waals surface area contributed by atoms with Crippen LogP contribution in [0.3, 0.4) is 0 Å². The average Bonchev–Trinajstić information content (AvgIpc) is 2.85. The fourth-order valence-electron chi connectivity index (χ4n) is 4.27. The summed E-state index contributed by atoms with van der Waals surface area (Å²) in [4.78, 5) is 12.1. The molecule has 0 aliphatic carbocycles. The van der Waals surface area contributed by atoms with Gasteiger partial charge in [0.2, 0.25) is 15.9 Å². The molecule has 2 aromatic heterocycles. The predicted octanol–water partition coefficient (Wildman–Crippen LogP) is 4.02. The van der Waals surface area contributed by atoms with Crippen LogP contribution in [0.2, 0.25) is 0 Å². The van der Waals surface area contributed by atoms with Crippen LogP contribution in [0.5, 0.6) is 11.6 Å². The maximum Gasteiger partial charge on any atom is 0.240 e. The Morgan fingerprint density at radius 3 is 2.53 bits per heavy atom. The van der Waals surface area contributed by atoms with Crippen LogP contribution in [0.4, 0.5) is 8.78 Å². The quantitative estimate of drug-likeness (QED) is 0.371. The Balaban J connectivity index is 1.68. The minimum absolute atomic E-state index is 0.0896. The molecule has 5 rings (SSSR count). The molecule has 3 heterocycles. The number of nitrogens with zero attached hydrogens (tertiary/aromatic N) is 3. The minimum atomic E-state index is -4.46. The second kappa shape index (κ2) is 9.53. The molecule has 0 atom stereocenters. The third-order valence-electron chi connectivity index (χ3n) is 6.39. The molecule has 2 N–H and O–H groups in total. The molecule has 2 aromatic carbocycles. The van der Waals surface area contributed by atoms with E-state index in [4.69, 9.17) is 19.3 Å². The number of hydrogen-bond donors (Lipinski definition) is 1. The summed E-state index contributed by atoms with van der Waals surface area (Å²) in [6, 6.07) is 6.66. The summed E-state index contributed by atoms with van der Waals surface area (Å²) in [5.41, 5.74) is 1.56. The molecule has 1 saturated heterocycles. The summed E-state index contributed by atoms with van der Waals surface area (Å²) in [7, 11) is -3.17. The van der Waals surface area contributed by atoms with Gasteiger partial charge in [0.05, 0.1) is 38.1 Å². The second-order valence-electron chi connectivity index (χ2n) is 9.48. The first-order chi connectivity index (χ1) is 18.0. The van der Waals surface area contributed by atoms with Gasteiger partial charge in [-0.25, -0.2) is 37.3 Å². The Bertz CT molecular complexity index is 1680. The first-order valence-corrected chi connectivity index (χ1v) is 13.1. The van der Waals surface area contributed by atoms with E-state index in [1.54, 1.807) is 6.07 Å². The number of fused-ring (bicyclic) bond motifs is 1. The molecule has 12 heteroatoms. The highest BCUT2D eigenvalue weighted by molar-refractivity contribution is 7.89. The molecule has 198 valence electrons. The lowest BCUT2D eigenvalue weighted by atomic mass is 9.90. The zero-order chi connectivity index (χ0) is 27.2. The highest BCUT2D eigenvalue weighted by atomic mass is 32.2. The summed E-state index contributed by atoms with van der Waals surface area (Å²) >= 11 is 0. The number of primary sulfonamides is 1. The van der Waals surface area contributed by atoms with Crippen LogP contribution in [-0.4, -0.2) is 50.3 Å². The van der Waals surface area contributed by atoms with Crippen molar-refractivity contribution in [2.75, 3.05) is 26.9 Å². The molecule has 1 aliphatic rings. The molecule has 4 aromatic rings. The Labute approximate surface area is 217 Å². The van der Waals surface area contributed by atoms with Gasteiger partial charge in [-0.1, -0.05) is 6.92 Å².